The van der Waals surface area contributed by atoms with E-state index in [1.807, 2.05) is 43.1 Å². The number of imidazole rings is 1. The fraction of sp³-hybridized carbons (Fsp3) is 0.364. The highest BCUT2D eigenvalue weighted by molar-refractivity contribution is 5.94. The summed E-state index contributed by atoms with van der Waals surface area (Å²) in [5.41, 5.74) is 10.2. The van der Waals surface area contributed by atoms with E-state index in [0.29, 0.717) is 17.1 Å². The van der Waals surface area contributed by atoms with Crippen LogP contribution in [0.15, 0.2) is 36.5 Å². The first kappa shape index (κ1) is 19.4. The smallest absolute Gasteiger partial charge is 0.270 e. The molecule has 6 nitrogen and oxygen atoms in total. The summed E-state index contributed by atoms with van der Waals surface area (Å²) in [6.07, 6.45) is 3.59. The van der Waals surface area contributed by atoms with Crippen LogP contribution in [-0.4, -0.2) is 34.4 Å². The van der Waals surface area contributed by atoms with Crippen molar-refractivity contribution < 1.29 is 9.18 Å². The van der Waals surface area contributed by atoms with Crippen LogP contribution in [-0.2, 0) is 6.54 Å². The van der Waals surface area contributed by atoms with Gasteiger partial charge in [-0.1, -0.05) is 6.07 Å². The van der Waals surface area contributed by atoms with Crippen LogP contribution in [0.2, 0.25) is 0 Å². The maximum atomic E-state index is 14.6. The Balaban J connectivity index is 1.46. The highest BCUT2D eigenvalue weighted by atomic mass is 19.1. The molecular formula is C22H26FN5O. The van der Waals surface area contributed by atoms with Crippen molar-refractivity contribution in [3.63, 3.8) is 0 Å². The van der Waals surface area contributed by atoms with Gasteiger partial charge >= 0.3 is 0 Å². The van der Waals surface area contributed by atoms with E-state index in [0.717, 1.165) is 42.7 Å². The Morgan fingerprint density at radius 1 is 1.24 bits per heavy atom. The number of rotatable bonds is 4. The van der Waals surface area contributed by atoms with Crippen molar-refractivity contribution in [2.45, 2.75) is 39.3 Å². The largest absolute Gasteiger partial charge is 0.369 e. The molecule has 0 saturated carbocycles. The predicted molar refractivity (Wildman–Crippen MR) is 112 cm³/mol. The summed E-state index contributed by atoms with van der Waals surface area (Å²) in [7, 11) is 0. The Kier molecular flexibility index (Phi) is 5.24. The molecule has 1 saturated heterocycles. The van der Waals surface area contributed by atoms with Crippen molar-refractivity contribution in [3.05, 3.63) is 64.9 Å². The SMILES string of the molecule is Cc1ccn2c(C(=O)NCc3ccc(N4CCC(N)CC4)c(F)c3)c(C)nc2c1. The molecule has 7 heteroatoms. The van der Waals surface area contributed by atoms with E-state index in [2.05, 4.69) is 10.3 Å². The van der Waals surface area contributed by atoms with Crippen LogP contribution < -0.4 is 16.0 Å². The maximum absolute atomic E-state index is 14.6. The fourth-order valence-corrected chi connectivity index (χ4v) is 3.86. The second-order valence-corrected chi connectivity index (χ2v) is 7.77. The molecule has 2 aromatic heterocycles. The number of fused-ring (bicyclic) bond motifs is 1. The topological polar surface area (TPSA) is 75.7 Å². The van der Waals surface area contributed by atoms with Gasteiger partial charge in [0.15, 0.2) is 0 Å². The van der Waals surface area contributed by atoms with Gasteiger partial charge in [0.05, 0.1) is 11.4 Å². The summed E-state index contributed by atoms with van der Waals surface area (Å²) in [4.78, 5) is 19.2. The number of benzene rings is 1. The molecule has 1 fully saturated rings. The summed E-state index contributed by atoms with van der Waals surface area (Å²) >= 11 is 0. The standard InChI is InChI=1S/C22H26FN5O/c1-14-5-10-28-20(11-14)26-15(2)21(28)22(29)25-13-16-3-4-19(18(23)12-16)27-8-6-17(24)7-9-27/h3-5,10-12,17H,6-9,13,24H2,1-2H3,(H,25,29). The number of anilines is 1. The van der Waals surface area contributed by atoms with Crippen molar-refractivity contribution in [3.8, 4) is 0 Å². The normalized spacial score (nSPS) is 15.1. The number of piperidine rings is 1. The average Bonchev–Trinajstić information content (AvgIpc) is 3.02. The van der Waals surface area contributed by atoms with Crippen LogP contribution in [0.1, 0.15) is 40.2 Å². The highest BCUT2D eigenvalue weighted by Crippen LogP contribution is 2.24. The zero-order valence-electron chi connectivity index (χ0n) is 16.8. The summed E-state index contributed by atoms with van der Waals surface area (Å²) < 4.78 is 16.4. The number of carbonyl (C=O) groups excluding carboxylic acids is 1. The number of pyridine rings is 1. The number of nitrogens with two attached hydrogens (primary N) is 1. The first-order valence-corrected chi connectivity index (χ1v) is 9.95. The van der Waals surface area contributed by atoms with Crippen molar-refractivity contribution in [1.29, 1.82) is 0 Å². The van der Waals surface area contributed by atoms with Crippen LogP contribution in [0, 0.1) is 19.7 Å². The maximum Gasteiger partial charge on any atom is 0.270 e. The van der Waals surface area contributed by atoms with Crippen LogP contribution in [0.4, 0.5) is 10.1 Å². The molecule has 0 radical (unpaired) electrons. The quantitative estimate of drug-likeness (QED) is 0.712. The molecule has 3 N–H and O–H groups in total. The van der Waals surface area contributed by atoms with Gasteiger partial charge in [-0.3, -0.25) is 9.20 Å². The molecule has 3 heterocycles. The molecule has 0 aliphatic carbocycles. The average molecular weight is 395 g/mol. The van der Waals surface area contributed by atoms with E-state index in [9.17, 15) is 9.18 Å². The molecule has 1 aromatic carbocycles. The number of halogens is 1. The molecule has 1 amide bonds. The molecule has 29 heavy (non-hydrogen) atoms. The number of aromatic nitrogens is 2. The van der Waals surface area contributed by atoms with E-state index in [4.69, 9.17) is 5.73 Å². The summed E-state index contributed by atoms with van der Waals surface area (Å²) in [5.74, 6) is -0.498. The minimum absolute atomic E-state index is 0.204. The Hall–Kier alpha value is -2.93. The first-order chi connectivity index (χ1) is 13.9. The van der Waals surface area contributed by atoms with Gasteiger partial charge < -0.3 is 16.0 Å². The minimum atomic E-state index is -0.270. The number of nitrogens with one attached hydrogen (secondary N) is 1. The van der Waals surface area contributed by atoms with Crippen LogP contribution in [0.5, 0.6) is 0 Å². The summed E-state index contributed by atoms with van der Waals surface area (Å²) in [5, 5.41) is 2.88. The molecule has 152 valence electrons. The molecular weight excluding hydrogens is 369 g/mol. The van der Waals surface area contributed by atoms with E-state index in [1.165, 1.54) is 6.07 Å². The zero-order chi connectivity index (χ0) is 20.5. The number of carbonyl (C=O) groups is 1. The van der Waals surface area contributed by atoms with Gasteiger partial charge in [0.1, 0.15) is 17.2 Å². The lowest BCUT2D eigenvalue weighted by atomic mass is 10.0. The minimum Gasteiger partial charge on any atom is -0.369 e. The molecule has 3 aromatic rings. The molecule has 0 atom stereocenters. The first-order valence-electron chi connectivity index (χ1n) is 9.95. The van der Waals surface area contributed by atoms with Crippen molar-refractivity contribution in [1.82, 2.24) is 14.7 Å². The van der Waals surface area contributed by atoms with Gasteiger partial charge in [-0.15, -0.1) is 0 Å². The van der Waals surface area contributed by atoms with Gasteiger partial charge in [-0.2, -0.15) is 0 Å². The van der Waals surface area contributed by atoms with E-state index in [-0.39, 0.29) is 24.3 Å². The third-order valence-corrected chi connectivity index (χ3v) is 5.52. The highest BCUT2D eigenvalue weighted by Gasteiger charge is 2.20. The van der Waals surface area contributed by atoms with E-state index < -0.39 is 0 Å². The monoisotopic (exact) mass is 395 g/mol. The Morgan fingerprint density at radius 3 is 2.72 bits per heavy atom. The summed E-state index contributed by atoms with van der Waals surface area (Å²) in [6.45, 7) is 5.58. The number of aryl methyl sites for hydroxylation is 2. The number of hydrogen-bond donors (Lipinski definition) is 2. The molecule has 4 rings (SSSR count). The Bertz CT molecular complexity index is 1050. The van der Waals surface area contributed by atoms with Crippen LogP contribution >= 0.6 is 0 Å². The number of hydrogen-bond acceptors (Lipinski definition) is 4. The molecule has 0 unspecified atom stereocenters. The Labute approximate surface area is 169 Å². The molecule has 0 spiro atoms. The third kappa shape index (κ3) is 3.96. The number of nitrogens with zero attached hydrogens (tertiary/aromatic N) is 3. The van der Waals surface area contributed by atoms with Gasteiger partial charge in [0.25, 0.3) is 5.91 Å². The second-order valence-electron chi connectivity index (χ2n) is 7.77. The van der Waals surface area contributed by atoms with Crippen molar-refractivity contribution >= 4 is 17.2 Å². The fourth-order valence-electron chi connectivity index (χ4n) is 3.86. The second kappa shape index (κ2) is 7.83. The van der Waals surface area contributed by atoms with Gasteiger partial charge in [-0.25, -0.2) is 9.37 Å². The van der Waals surface area contributed by atoms with Crippen molar-refractivity contribution in [2.24, 2.45) is 5.73 Å². The lowest BCUT2D eigenvalue weighted by molar-refractivity contribution is 0.0944. The molecule has 1 aliphatic heterocycles. The summed E-state index contributed by atoms with van der Waals surface area (Å²) in [6, 6.07) is 9.22. The van der Waals surface area contributed by atoms with Gasteiger partial charge in [0.2, 0.25) is 0 Å². The lowest BCUT2D eigenvalue weighted by Gasteiger charge is -2.32. The van der Waals surface area contributed by atoms with Crippen molar-refractivity contribution in [2.75, 3.05) is 18.0 Å². The van der Waals surface area contributed by atoms with E-state index >= 15 is 0 Å². The third-order valence-electron chi connectivity index (χ3n) is 5.52. The number of amides is 1. The zero-order valence-corrected chi connectivity index (χ0v) is 16.8. The van der Waals surface area contributed by atoms with Crippen LogP contribution in [0.25, 0.3) is 5.65 Å². The lowest BCUT2D eigenvalue weighted by Crippen LogP contribution is -2.40. The van der Waals surface area contributed by atoms with E-state index in [1.54, 1.807) is 10.5 Å². The Morgan fingerprint density at radius 2 is 2.00 bits per heavy atom. The molecule has 1 aliphatic rings. The van der Waals surface area contributed by atoms with Gasteiger partial charge in [-0.05, 0) is 62.1 Å². The molecule has 0 bridgehead atoms. The van der Waals surface area contributed by atoms with Crippen LogP contribution in [0.3, 0.4) is 0 Å². The predicted octanol–water partition coefficient (Wildman–Crippen LogP) is 2.95. The van der Waals surface area contributed by atoms with Gasteiger partial charge in [0, 0.05) is 31.9 Å².